The maximum Gasteiger partial charge on any atom is 0.309 e. The molecule has 144 valence electrons. The molecule has 2 N–H and O–H groups in total. The first-order chi connectivity index (χ1) is 13.1. The molecule has 3 rings (SSSR count). The van der Waals surface area contributed by atoms with Gasteiger partial charge in [-0.25, -0.2) is 0 Å². The zero-order chi connectivity index (χ0) is 19.1. The summed E-state index contributed by atoms with van der Waals surface area (Å²) in [6.07, 6.45) is 0. The van der Waals surface area contributed by atoms with Crippen molar-refractivity contribution in [1.29, 1.82) is 0 Å². The molecule has 2 heterocycles. The van der Waals surface area contributed by atoms with Crippen LogP contribution in [0.3, 0.4) is 0 Å². The Balaban J connectivity index is 1.59. The molecule has 6 nitrogen and oxygen atoms in total. The number of carbonyl (C=O) groups is 2. The maximum atomic E-state index is 12.4. The highest BCUT2D eigenvalue weighted by molar-refractivity contribution is 7.10. The molecule has 7 heteroatoms. The van der Waals surface area contributed by atoms with Gasteiger partial charge in [-0.2, -0.15) is 0 Å². The van der Waals surface area contributed by atoms with Gasteiger partial charge in [0.05, 0.1) is 19.3 Å². The zero-order valence-corrected chi connectivity index (χ0v) is 16.2. The van der Waals surface area contributed by atoms with Crippen LogP contribution < -0.4 is 10.6 Å². The van der Waals surface area contributed by atoms with E-state index in [0.717, 1.165) is 18.7 Å². The maximum absolute atomic E-state index is 12.4. The summed E-state index contributed by atoms with van der Waals surface area (Å²) >= 11 is 1.66. The third-order valence-corrected chi connectivity index (χ3v) is 5.55. The predicted molar refractivity (Wildman–Crippen MR) is 105 cm³/mol. The van der Waals surface area contributed by atoms with E-state index in [1.165, 1.54) is 4.88 Å². The monoisotopic (exact) mass is 387 g/mol. The first kappa shape index (κ1) is 19.5. The first-order valence-corrected chi connectivity index (χ1v) is 10.0. The van der Waals surface area contributed by atoms with Gasteiger partial charge in [-0.15, -0.1) is 11.3 Å². The largest absolute Gasteiger partial charge is 0.379 e. The van der Waals surface area contributed by atoms with Crippen molar-refractivity contribution in [3.8, 4) is 0 Å². The van der Waals surface area contributed by atoms with Crippen LogP contribution in [0.5, 0.6) is 0 Å². The number of hydrogen-bond donors (Lipinski definition) is 2. The molecule has 1 fully saturated rings. The average Bonchev–Trinajstić information content (AvgIpc) is 3.22. The van der Waals surface area contributed by atoms with Crippen LogP contribution in [0.25, 0.3) is 0 Å². The summed E-state index contributed by atoms with van der Waals surface area (Å²) < 4.78 is 5.45. The van der Waals surface area contributed by atoms with Crippen molar-refractivity contribution in [2.45, 2.75) is 25.6 Å². The second kappa shape index (κ2) is 9.64. The molecule has 27 heavy (non-hydrogen) atoms. The van der Waals surface area contributed by atoms with Gasteiger partial charge in [-0.1, -0.05) is 36.4 Å². The molecule has 0 aliphatic carbocycles. The molecule has 0 spiro atoms. The van der Waals surface area contributed by atoms with E-state index in [4.69, 9.17) is 4.74 Å². The number of nitrogens with one attached hydrogen (secondary N) is 2. The van der Waals surface area contributed by atoms with Crippen LogP contribution in [-0.4, -0.2) is 49.1 Å². The Morgan fingerprint density at radius 2 is 1.85 bits per heavy atom. The smallest absolute Gasteiger partial charge is 0.309 e. The van der Waals surface area contributed by atoms with Crippen molar-refractivity contribution in [2.24, 2.45) is 0 Å². The predicted octanol–water partition coefficient (Wildman–Crippen LogP) is 1.94. The van der Waals surface area contributed by atoms with Crippen molar-refractivity contribution >= 4 is 23.2 Å². The molecular formula is C20H25N3O3S. The van der Waals surface area contributed by atoms with Gasteiger partial charge in [0.2, 0.25) is 0 Å². The Bertz CT molecular complexity index is 730. The van der Waals surface area contributed by atoms with Gasteiger partial charge >= 0.3 is 11.8 Å². The number of ether oxygens (including phenoxy) is 1. The molecule has 0 radical (unpaired) electrons. The standard InChI is InChI=1S/C20H25N3O3S/c1-15(18(17-8-5-13-27-17)23-9-11-26-12-10-23)22-20(25)19(24)21-14-16-6-3-2-4-7-16/h2-8,13,15,18H,9-12,14H2,1H3,(H,21,24)(H,22,25)/t15-,18-/m0/s1. The minimum absolute atomic E-state index is 0.0276. The Labute approximate surface area is 163 Å². The Kier molecular flexibility index (Phi) is 6.98. The summed E-state index contributed by atoms with van der Waals surface area (Å²) in [5.41, 5.74) is 0.955. The highest BCUT2D eigenvalue weighted by Crippen LogP contribution is 2.29. The third kappa shape index (κ3) is 5.38. The van der Waals surface area contributed by atoms with E-state index in [2.05, 4.69) is 21.6 Å². The fourth-order valence-electron chi connectivity index (χ4n) is 3.27. The summed E-state index contributed by atoms with van der Waals surface area (Å²) in [4.78, 5) is 28.0. The van der Waals surface area contributed by atoms with Crippen LogP contribution >= 0.6 is 11.3 Å². The van der Waals surface area contributed by atoms with E-state index in [9.17, 15) is 9.59 Å². The van der Waals surface area contributed by atoms with Gasteiger partial charge in [0.25, 0.3) is 0 Å². The SMILES string of the molecule is C[C@H](NC(=O)C(=O)NCc1ccccc1)[C@@H](c1cccs1)N1CCOCC1. The van der Waals surface area contributed by atoms with Gasteiger partial charge in [-0.3, -0.25) is 14.5 Å². The van der Waals surface area contributed by atoms with Crippen LogP contribution in [0.4, 0.5) is 0 Å². The van der Waals surface area contributed by atoms with E-state index >= 15 is 0 Å². The van der Waals surface area contributed by atoms with Gasteiger partial charge in [-0.05, 0) is 23.9 Å². The van der Waals surface area contributed by atoms with Crippen molar-refractivity contribution in [1.82, 2.24) is 15.5 Å². The highest BCUT2D eigenvalue weighted by Gasteiger charge is 2.30. The number of amides is 2. The summed E-state index contributed by atoms with van der Waals surface area (Å²) in [6, 6.07) is 13.4. The van der Waals surface area contributed by atoms with E-state index in [-0.39, 0.29) is 12.1 Å². The van der Waals surface area contributed by atoms with E-state index < -0.39 is 11.8 Å². The molecule has 2 aromatic rings. The molecule has 2 atom stereocenters. The van der Waals surface area contributed by atoms with Crippen molar-refractivity contribution in [2.75, 3.05) is 26.3 Å². The normalized spacial score (nSPS) is 17.1. The number of hydrogen-bond acceptors (Lipinski definition) is 5. The quantitative estimate of drug-likeness (QED) is 0.744. The fraction of sp³-hybridized carbons (Fsp3) is 0.400. The summed E-state index contributed by atoms with van der Waals surface area (Å²) in [5.74, 6) is -1.22. The summed E-state index contributed by atoms with van der Waals surface area (Å²) in [7, 11) is 0. The van der Waals surface area contributed by atoms with E-state index in [1.54, 1.807) is 11.3 Å². The lowest BCUT2D eigenvalue weighted by atomic mass is 10.1. The number of benzene rings is 1. The molecule has 1 aromatic carbocycles. The fourth-order valence-corrected chi connectivity index (χ4v) is 4.23. The zero-order valence-electron chi connectivity index (χ0n) is 15.4. The molecule has 0 bridgehead atoms. The van der Waals surface area contributed by atoms with Gasteiger partial charge in [0.1, 0.15) is 0 Å². The number of morpholine rings is 1. The highest BCUT2D eigenvalue weighted by atomic mass is 32.1. The lowest BCUT2D eigenvalue weighted by molar-refractivity contribution is -0.140. The summed E-state index contributed by atoms with van der Waals surface area (Å²) in [6.45, 7) is 5.26. The second-order valence-electron chi connectivity index (χ2n) is 6.54. The van der Waals surface area contributed by atoms with Crippen molar-refractivity contribution in [3.05, 3.63) is 58.3 Å². The molecule has 1 aromatic heterocycles. The molecular weight excluding hydrogens is 362 g/mol. The Morgan fingerprint density at radius 3 is 2.52 bits per heavy atom. The third-order valence-electron chi connectivity index (χ3n) is 4.61. The van der Waals surface area contributed by atoms with Crippen molar-refractivity contribution in [3.63, 3.8) is 0 Å². The molecule has 1 aliphatic heterocycles. The summed E-state index contributed by atoms with van der Waals surface area (Å²) in [5, 5.41) is 7.58. The van der Waals surface area contributed by atoms with Crippen LogP contribution in [-0.2, 0) is 20.9 Å². The van der Waals surface area contributed by atoms with E-state index in [1.807, 2.05) is 48.7 Å². The average molecular weight is 388 g/mol. The van der Waals surface area contributed by atoms with Crippen LogP contribution in [0.1, 0.15) is 23.4 Å². The lowest BCUT2D eigenvalue weighted by Crippen LogP contribution is -2.51. The Morgan fingerprint density at radius 1 is 1.11 bits per heavy atom. The molecule has 0 saturated carbocycles. The Hall–Kier alpha value is -2.22. The molecule has 1 aliphatic rings. The molecule has 1 saturated heterocycles. The number of nitrogens with zero attached hydrogens (tertiary/aromatic N) is 1. The van der Waals surface area contributed by atoms with Crippen LogP contribution in [0.2, 0.25) is 0 Å². The number of carbonyl (C=O) groups excluding carboxylic acids is 2. The van der Waals surface area contributed by atoms with Crippen LogP contribution in [0, 0.1) is 0 Å². The lowest BCUT2D eigenvalue weighted by Gasteiger charge is -2.37. The molecule has 2 amide bonds. The number of rotatable bonds is 6. The molecule has 0 unspecified atom stereocenters. The van der Waals surface area contributed by atoms with Gasteiger partial charge in [0, 0.05) is 30.6 Å². The number of thiophene rings is 1. The minimum atomic E-state index is -0.613. The van der Waals surface area contributed by atoms with Crippen molar-refractivity contribution < 1.29 is 14.3 Å². The topological polar surface area (TPSA) is 70.7 Å². The van der Waals surface area contributed by atoms with Gasteiger partial charge < -0.3 is 15.4 Å². The first-order valence-electron chi connectivity index (χ1n) is 9.13. The minimum Gasteiger partial charge on any atom is -0.379 e. The van der Waals surface area contributed by atoms with Crippen LogP contribution in [0.15, 0.2) is 47.8 Å². The van der Waals surface area contributed by atoms with Gasteiger partial charge in [0.15, 0.2) is 0 Å². The van der Waals surface area contributed by atoms with E-state index in [0.29, 0.717) is 19.8 Å². The second-order valence-corrected chi connectivity index (χ2v) is 7.52.